The van der Waals surface area contributed by atoms with Crippen LogP contribution in [0.3, 0.4) is 0 Å². The molecule has 3 aromatic rings. The number of hydrogen-bond acceptors (Lipinski definition) is 5. The Kier molecular flexibility index (Phi) is 7.67. The van der Waals surface area contributed by atoms with Crippen LogP contribution < -0.4 is 10.6 Å². The molecule has 0 radical (unpaired) electrons. The minimum absolute atomic E-state index is 0.0702. The van der Waals surface area contributed by atoms with Gasteiger partial charge >= 0.3 is 12.1 Å². The standard InChI is InChI=1S/C26H23IN2O6/c1-34-14-23(25(31)32)29-24(30)15-10-16(27)12-17(11-15)28-26(33)35-13-22-20-8-4-2-6-18(20)19-7-3-5-9-21(19)22/h2-12,22-23H,13-14H2,1H3,(H,28,33)(H,29,30)(H,31,32). The van der Waals surface area contributed by atoms with E-state index in [1.165, 1.54) is 13.2 Å². The molecule has 0 spiro atoms. The third-order valence-corrected chi connectivity index (χ3v) is 6.31. The number of nitrogens with one attached hydrogen (secondary N) is 2. The van der Waals surface area contributed by atoms with Crippen molar-refractivity contribution >= 4 is 46.2 Å². The van der Waals surface area contributed by atoms with Crippen molar-refractivity contribution in [2.45, 2.75) is 12.0 Å². The lowest BCUT2D eigenvalue weighted by Gasteiger charge is -2.16. The molecule has 0 aliphatic heterocycles. The lowest BCUT2D eigenvalue weighted by atomic mass is 9.98. The number of halogens is 1. The molecule has 3 aromatic carbocycles. The first-order valence-electron chi connectivity index (χ1n) is 10.8. The van der Waals surface area contributed by atoms with Crippen LogP contribution in [-0.4, -0.2) is 49.4 Å². The molecular formula is C26H23IN2O6. The number of rotatable bonds is 8. The summed E-state index contributed by atoms with van der Waals surface area (Å²) in [5.74, 6) is -1.87. The number of carboxylic acids is 1. The van der Waals surface area contributed by atoms with Crippen LogP contribution in [0.5, 0.6) is 0 Å². The van der Waals surface area contributed by atoms with Gasteiger partial charge < -0.3 is 19.9 Å². The monoisotopic (exact) mass is 586 g/mol. The van der Waals surface area contributed by atoms with Gasteiger partial charge in [0.05, 0.1) is 6.61 Å². The van der Waals surface area contributed by atoms with Gasteiger partial charge in [-0.3, -0.25) is 10.1 Å². The van der Waals surface area contributed by atoms with Crippen LogP contribution in [-0.2, 0) is 14.3 Å². The second-order valence-corrected chi connectivity index (χ2v) is 9.24. The van der Waals surface area contributed by atoms with E-state index in [1.54, 1.807) is 12.1 Å². The summed E-state index contributed by atoms with van der Waals surface area (Å²) in [5, 5.41) is 14.3. The van der Waals surface area contributed by atoms with E-state index in [4.69, 9.17) is 9.47 Å². The first-order valence-corrected chi connectivity index (χ1v) is 11.9. The molecule has 0 saturated carbocycles. The van der Waals surface area contributed by atoms with Crippen molar-refractivity contribution in [2.24, 2.45) is 0 Å². The van der Waals surface area contributed by atoms with E-state index in [9.17, 15) is 19.5 Å². The van der Waals surface area contributed by atoms with E-state index in [-0.39, 0.29) is 24.7 Å². The smallest absolute Gasteiger partial charge is 0.411 e. The predicted octanol–water partition coefficient (Wildman–Crippen LogP) is 4.48. The Balaban J connectivity index is 1.43. The molecule has 4 rings (SSSR count). The molecule has 0 bridgehead atoms. The van der Waals surface area contributed by atoms with Gasteiger partial charge in [0.1, 0.15) is 6.61 Å². The van der Waals surface area contributed by atoms with Crippen molar-refractivity contribution in [1.29, 1.82) is 0 Å². The van der Waals surface area contributed by atoms with E-state index in [2.05, 4.69) is 22.8 Å². The summed E-state index contributed by atoms with van der Waals surface area (Å²) in [6.07, 6.45) is -0.650. The van der Waals surface area contributed by atoms with E-state index in [1.807, 2.05) is 59.0 Å². The van der Waals surface area contributed by atoms with Gasteiger partial charge in [-0.05, 0) is 63.0 Å². The van der Waals surface area contributed by atoms with Gasteiger partial charge in [0.25, 0.3) is 5.91 Å². The van der Waals surface area contributed by atoms with Gasteiger partial charge in [-0.15, -0.1) is 0 Å². The van der Waals surface area contributed by atoms with Gasteiger partial charge in [0.15, 0.2) is 6.04 Å². The first-order chi connectivity index (χ1) is 16.9. The number of aliphatic carboxylic acids is 1. The topological polar surface area (TPSA) is 114 Å². The fraction of sp³-hybridized carbons (Fsp3) is 0.192. The zero-order chi connectivity index (χ0) is 24.9. The molecule has 2 amide bonds. The quantitative estimate of drug-likeness (QED) is 0.336. The second-order valence-electron chi connectivity index (χ2n) is 8.00. The van der Waals surface area contributed by atoms with Crippen LogP contribution in [0.15, 0.2) is 66.7 Å². The highest BCUT2D eigenvalue weighted by Gasteiger charge is 2.29. The Morgan fingerprint density at radius 2 is 1.63 bits per heavy atom. The van der Waals surface area contributed by atoms with E-state index < -0.39 is 24.0 Å². The van der Waals surface area contributed by atoms with Crippen LogP contribution in [0.4, 0.5) is 10.5 Å². The average molecular weight is 586 g/mol. The van der Waals surface area contributed by atoms with Crippen molar-refractivity contribution in [1.82, 2.24) is 5.32 Å². The molecule has 1 aliphatic rings. The third kappa shape index (κ3) is 5.63. The second kappa shape index (κ2) is 10.9. The number of methoxy groups -OCH3 is 1. The number of benzene rings is 3. The molecular weight excluding hydrogens is 563 g/mol. The lowest BCUT2D eigenvalue weighted by molar-refractivity contribution is -0.140. The summed E-state index contributed by atoms with van der Waals surface area (Å²) in [5.41, 5.74) is 5.06. The van der Waals surface area contributed by atoms with Crippen molar-refractivity contribution < 1.29 is 29.0 Å². The zero-order valence-electron chi connectivity index (χ0n) is 18.8. The molecule has 1 unspecified atom stereocenters. The molecule has 35 heavy (non-hydrogen) atoms. The number of carbonyl (C=O) groups excluding carboxylic acids is 2. The molecule has 3 N–H and O–H groups in total. The SMILES string of the molecule is COCC(NC(=O)c1cc(I)cc(NC(=O)OCC2c3ccccc3-c3ccccc32)c1)C(=O)O. The zero-order valence-corrected chi connectivity index (χ0v) is 20.9. The number of fused-ring (bicyclic) bond motifs is 3. The predicted molar refractivity (Wildman–Crippen MR) is 139 cm³/mol. The number of carboxylic acid groups (broad SMARTS) is 1. The third-order valence-electron chi connectivity index (χ3n) is 5.69. The summed E-state index contributed by atoms with van der Waals surface area (Å²) >= 11 is 2.01. The Labute approximate surface area is 215 Å². The van der Waals surface area contributed by atoms with Crippen molar-refractivity contribution in [3.05, 3.63) is 87.0 Å². The Bertz CT molecular complexity index is 1230. The van der Waals surface area contributed by atoms with Gasteiger partial charge in [0.2, 0.25) is 0 Å². The van der Waals surface area contributed by atoms with Crippen LogP contribution >= 0.6 is 22.6 Å². The minimum atomic E-state index is -1.21. The van der Waals surface area contributed by atoms with Crippen molar-refractivity contribution in [3.8, 4) is 11.1 Å². The molecule has 9 heteroatoms. The van der Waals surface area contributed by atoms with Crippen LogP contribution in [0.25, 0.3) is 11.1 Å². The molecule has 1 aliphatic carbocycles. The highest BCUT2D eigenvalue weighted by molar-refractivity contribution is 14.1. The Hall–Kier alpha value is -3.44. The number of ether oxygens (including phenoxy) is 2. The van der Waals surface area contributed by atoms with E-state index >= 15 is 0 Å². The van der Waals surface area contributed by atoms with E-state index in [0.29, 0.717) is 9.26 Å². The number of anilines is 1. The average Bonchev–Trinajstić information content (AvgIpc) is 3.15. The summed E-state index contributed by atoms with van der Waals surface area (Å²) in [6, 6.07) is 19.7. The highest BCUT2D eigenvalue weighted by Crippen LogP contribution is 2.44. The fourth-order valence-corrected chi connectivity index (χ4v) is 4.80. The summed E-state index contributed by atoms with van der Waals surface area (Å²) < 4.78 is 11.1. The largest absolute Gasteiger partial charge is 0.480 e. The molecule has 8 nitrogen and oxygen atoms in total. The van der Waals surface area contributed by atoms with Crippen LogP contribution in [0.2, 0.25) is 0 Å². The summed E-state index contributed by atoms with van der Waals surface area (Å²) in [4.78, 5) is 36.5. The highest BCUT2D eigenvalue weighted by atomic mass is 127. The first kappa shape index (κ1) is 24.7. The van der Waals surface area contributed by atoms with Gasteiger partial charge in [-0.25, -0.2) is 9.59 Å². The number of amides is 2. The maximum atomic E-state index is 12.6. The minimum Gasteiger partial charge on any atom is -0.480 e. The Morgan fingerprint density at radius 1 is 1.00 bits per heavy atom. The molecule has 180 valence electrons. The van der Waals surface area contributed by atoms with Gasteiger partial charge in [0, 0.05) is 27.8 Å². The molecule has 1 atom stereocenters. The lowest BCUT2D eigenvalue weighted by Crippen LogP contribution is -2.43. The molecule has 0 saturated heterocycles. The fourth-order valence-electron chi connectivity index (χ4n) is 4.13. The Morgan fingerprint density at radius 3 is 2.23 bits per heavy atom. The van der Waals surface area contributed by atoms with Crippen molar-refractivity contribution in [2.75, 3.05) is 25.6 Å². The number of hydrogen-bond donors (Lipinski definition) is 3. The van der Waals surface area contributed by atoms with Gasteiger partial charge in [-0.1, -0.05) is 48.5 Å². The maximum Gasteiger partial charge on any atom is 0.411 e. The molecule has 0 aromatic heterocycles. The van der Waals surface area contributed by atoms with Gasteiger partial charge in [-0.2, -0.15) is 0 Å². The van der Waals surface area contributed by atoms with Crippen molar-refractivity contribution in [3.63, 3.8) is 0 Å². The normalized spacial score (nSPS) is 12.9. The van der Waals surface area contributed by atoms with E-state index in [0.717, 1.165) is 22.3 Å². The molecule has 0 heterocycles. The summed E-state index contributed by atoms with van der Waals surface area (Å²) in [6.45, 7) is -0.00963. The number of carbonyl (C=O) groups is 3. The molecule has 0 fully saturated rings. The summed E-state index contributed by atoms with van der Waals surface area (Å²) in [7, 11) is 1.35. The van der Waals surface area contributed by atoms with Crippen LogP contribution in [0.1, 0.15) is 27.4 Å². The van der Waals surface area contributed by atoms with Crippen LogP contribution in [0, 0.1) is 3.57 Å². The maximum absolute atomic E-state index is 12.6.